The van der Waals surface area contributed by atoms with Gasteiger partial charge in [-0.3, -0.25) is 4.79 Å². The van der Waals surface area contributed by atoms with Gasteiger partial charge in [-0.05, 0) is 31.1 Å². The van der Waals surface area contributed by atoms with Gasteiger partial charge in [-0.2, -0.15) is 0 Å². The van der Waals surface area contributed by atoms with Crippen LogP contribution in [0.1, 0.15) is 46.0 Å². The molecule has 2 fully saturated rings. The summed E-state index contributed by atoms with van der Waals surface area (Å²) < 4.78 is 0. The minimum Gasteiger partial charge on any atom is -0.480 e. The van der Waals surface area contributed by atoms with E-state index in [1.165, 1.54) is 0 Å². The van der Waals surface area contributed by atoms with Crippen molar-refractivity contribution in [1.29, 1.82) is 0 Å². The van der Waals surface area contributed by atoms with Gasteiger partial charge < -0.3 is 15.7 Å². The summed E-state index contributed by atoms with van der Waals surface area (Å²) in [6.07, 6.45) is 4.31. The summed E-state index contributed by atoms with van der Waals surface area (Å²) in [5.41, 5.74) is 4.91. The van der Waals surface area contributed by atoms with Crippen molar-refractivity contribution in [2.24, 2.45) is 16.6 Å². The molecule has 0 spiro atoms. The number of carbonyl (C=O) groups excluding carboxylic acids is 1. The Hall–Kier alpha value is -1.10. The molecular weight excluding hydrogens is 244 g/mol. The first kappa shape index (κ1) is 14.3. The van der Waals surface area contributed by atoms with Crippen molar-refractivity contribution in [3.63, 3.8) is 0 Å². The van der Waals surface area contributed by atoms with Crippen LogP contribution in [0.4, 0.5) is 0 Å². The first-order chi connectivity index (χ1) is 8.84. The highest BCUT2D eigenvalue weighted by Crippen LogP contribution is 2.44. The number of nitrogens with two attached hydrogens (primary N) is 1. The van der Waals surface area contributed by atoms with Crippen molar-refractivity contribution in [3.05, 3.63) is 0 Å². The Kier molecular flexibility index (Phi) is 3.60. The van der Waals surface area contributed by atoms with Gasteiger partial charge in [-0.15, -0.1) is 0 Å². The minimum atomic E-state index is -0.899. The number of carbonyl (C=O) groups is 2. The Balaban J connectivity index is 2.26. The molecule has 0 aromatic heterocycles. The van der Waals surface area contributed by atoms with Crippen LogP contribution in [0.25, 0.3) is 0 Å². The molecule has 1 saturated carbocycles. The Bertz CT molecular complexity index is 383. The molecule has 5 heteroatoms. The molecule has 5 nitrogen and oxygen atoms in total. The van der Waals surface area contributed by atoms with Crippen molar-refractivity contribution >= 4 is 11.9 Å². The molecule has 1 atom stereocenters. The molecule has 0 aromatic rings. The average Bonchev–Trinajstić information content (AvgIpc) is 2.25. The molecule has 1 saturated heterocycles. The van der Waals surface area contributed by atoms with Crippen LogP contribution in [0.3, 0.4) is 0 Å². The van der Waals surface area contributed by atoms with Crippen LogP contribution in [0.5, 0.6) is 0 Å². The Morgan fingerprint density at radius 2 is 1.89 bits per heavy atom. The number of piperidine rings is 1. The molecule has 2 rings (SSSR count). The Morgan fingerprint density at radius 1 is 1.26 bits per heavy atom. The van der Waals surface area contributed by atoms with Crippen molar-refractivity contribution in [2.75, 3.05) is 13.1 Å². The Labute approximate surface area is 114 Å². The molecule has 0 radical (unpaired) electrons. The molecule has 1 heterocycles. The third-order valence-corrected chi connectivity index (χ3v) is 4.92. The summed E-state index contributed by atoms with van der Waals surface area (Å²) in [5.74, 6) is -0.939. The topological polar surface area (TPSA) is 83.6 Å². The van der Waals surface area contributed by atoms with Crippen LogP contribution >= 0.6 is 0 Å². The SMILES string of the molecule is CC1(C)CCCN(C(=O)C2(CN)CCC2)C1C(=O)O. The van der Waals surface area contributed by atoms with E-state index in [1.54, 1.807) is 4.90 Å². The van der Waals surface area contributed by atoms with Gasteiger partial charge in [0.25, 0.3) is 0 Å². The number of aliphatic carboxylic acids is 1. The van der Waals surface area contributed by atoms with Crippen molar-refractivity contribution < 1.29 is 14.7 Å². The van der Waals surface area contributed by atoms with Crippen LogP contribution in [-0.4, -0.2) is 41.0 Å². The van der Waals surface area contributed by atoms with Gasteiger partial charge in [-0.1, -0.05) is 20.3 Å². The standard InChI is InChI=1S/C14H24N2O3/c1-13(2)5-4-8-16(10(13)11(17)18)12(19)14(9-15)6-3-7-14/h10H,3-9,15H2,1-2H3,(H,17,18). The molecule has 2 aliphatic rings. The number of rotatable bonds is 3. The normalized spacial score (nSPS) is 28.6. The maximum Gasteiger partial charge on any atom is 0.326 e. The summed E-state index contributed by atoms with van der Waals surface area (Å²) in [5, 5.41) is 9.50. The van der Waals surface area contributed by atoms with E-state index in [2.05, 4.69) is 0 Å². The van der Waals surface area contributed by atoms with Crippen LogP contribution in [0, 0.1) is 10.8 Å². The van der Waals surface area contributed by atoms with Crippen molar-refractivity contribution in [1.82, 2.24) is 4.90 Å². The summed E-state index contributed by atoms with van der Waals surface area (Å²) >= 11 is 0. The van der Waals surface area contributed by atoms with Crippen molar-refractivity contribution in [2.45, 2.75) is 52.0 Å². The lowest BCUT2D eigenvalue weighted by molar-refractivity contribution is -0.166. The van der Waals surface area contributed by atoms with E-state index in [1.807, 2.05) is 13.8 Å². The lowest BCUT2D eigenvalue weighted by atomic mass is 9.66. The maximum absolute atomic E-state index is 12.7. The largest absolute Gasteiger partial charge is 0.480 e. The molecule has 1 aliphatic carbocycles. The number of likely N-dealkylation sites (tertiary alicyclic amines) is 1. The number of hydrogen-bond donors (Lipinski definition) is 2. The van der Waals surface area contributed by atoms with Crippen LogP contribution < -0.4 is 5.73 Å². The first-order valence-corrected chi connectivity index (χ1v) is 7.08. The van der Waals surface area contributed by atoms with E-state index in [0.29, 0.717) is 13.1 Å². The number of nitrogens with zero attached hydrogens (tertiary/aromatic N) is 1. The lowest BCUT2D eigenvalue weighted by Gasteiger charge is -2.49. The van der Waals surface area contributed by atoms with Crippen LogP contribution in [0.15, 0.2) is 0 Å². The predicted molar refractivity (Wildman–Crippen MR) is 71.5 cm³/mol. The third-order valence-electron chi connectivity index (χ3n) is 4.92. The second kappa shape index (κ2) is 4.78. The molecule has 1 amide bonds. The predicted octanol–water partition coefficient (Wildman–Crippen LogP) is 1.22. The molecule has 1 aliphatic heterocycles. The van der Waals surface area contributed by atoms with E-state index in [9.17, 15) is 14.7 Å². The molecule has 1 unspecified atom stereocenters. The zero-order valence-electron chi connectivity index (χ0n) is 11.8. The van der Waals surface area contributed by atoms with E-state index in [0.717, 1.165) is 32.1 Å². The fourth-order valence-corrected chi connectivity index (χ4v) is 3.49. The molecule has 108 valence electrons. The molecule has 19 heavy (non-hydrogen) atoms. The summed E-state index contributed by atoms with van der Waals surface area (Å²) in [6.45, 7) is 4.73. The molecular formula is C14H24N2O3. The number of carboxylic acids is 1. The number of carboxylic acid groups (broad SMARTS) is 1. The summed E-state index contributed by atoms with van der Waals surface area (Å²) in [6, 6.07) is -0.724. The van der Waals surface area contributed by atoms with E-state index < -0.39 is 17.4 Å². The van der Waals surface area contributed by atoms with Crippen LogP contribution in [-0.2, 0) is 9.59 Å². The minimum absolute atomic E-state index is 0.0403. The maximum atomic E-state index is 12.7. The molecule has 0 aromatic carbocycles. The zero-order valence-corrected chi connectivity index (χ0v) is 11.8. The van der Waals surface area contributed by atoms with Gasteiger partial charge in [0.05, 0.1) is 5.41 Å². The van der Waals surface area contributed by atoms with Crippen LogP contribution in [0.2, 0.25) is 0 Å². The third kappa shape index (κ3) is 2.24. The highest BCUT2D eigenvalue weighted by atomic mass is 16.4. The van der Waals surface area contributed by atoms with Gasteiger partial charge in [0.15, 0.2) is 0 Å². The summed E-state index contributed by atoms with van der Waals surface area (Å²) in [4.78, 5) is 25.9. The monoisotopic (exact) mass is 268 g/mol. The van der Waals surface area contributed by atoms with E-state index in [-0.39, 0.29) is 11.3 Å². The second-order valence-corrected chi connectivity index (χ2v) is 6.67. The number of amides is 1. The highest BCUT2D eigenvalue weighted by molar-refractivity contribution is 5.89. The van der Waals surface area contributed by atoms with Gasteiger partial charge >= 0.3 is 5.97 Å². The zero-order chi connectivity index (χ0) is 14.3. The molecule has 0 bridgehead atoms. The highest BCUT2D eigenvalue weighted by Gasteiger charge is 2.51. The smallest absolute Gasteiger partial charge is 0.326 e. The van der Waals surface area contributed by atoms with E-state index >= 15 is 0 Å². The average molecular weight is 268 g/mol. The second-order valence-electron chi connectivity index (χ2n) is 6.67. The molecule has 3 N–H and O–H groups in total. The quantitative estimate of drug-likeness (QED) is 0.806. The fourth-order valence-electron chi connectivity index (χ4n) is 3.49. The van der Waals surface area contributed by atoms with Crippen molar-refractivity contribution in [3.8, 4) is 0 Å². The van der Waals surface area contributed by atoms with Gasteiger partial charge in [-0.25, -0.2) is 4.79 Å². The fraction of sp³-hybridized carbons (Fsp3) is 0.857. The first-order valence-electron chi connectivity index (χ1n) is 7.08. The lowest BCUT2D eigenvalue weighted by Crippen LogP contribution is -2.62. The van der Waals surface area contributed by atoms with Gasteiger partial charge in [0.1, 0.15) is 6.04 Å². The Morgan fingerprint density at radius 3 is 2.32 bits per heavy atom. The number of hydrogen-bond acceptors (Lipinski definition) is 3. The van der Waals surface area contributed by atoms with E-state index in [4.69, 9.17) is 5.73 Å². The van der Waals surface area contributed by atoms with Gasteiger partial charge in [0.2, 0.25) is 5.91 Å². The van der Waals surface area contributed by atoms with Gasteiger partial charge in [0, 0.05) is 13.1 Å². The summed E-state index contributed by atoms with van der Waals surface area (Å²) in [7, 11) is 0.